The molecule has 4 heteroatoms. The fourth-order valence-electron chi connectivity index (χ4n) is 10.3. The van der Waals surface area contributed by atoms with E-state index in [-0.39, 0.29) is 11.2 Å². The van der Waals surface area contributed by atoms with Gasteiger partial charge in [0.2, 0.25) is 0 Å². The molecule has 6 fully saturated rings. The minimum Gasteiger partial charge on any atom is -0.390 e. The van der Waals surface area contributed by atoms with E-state index in [0.717, 1.165) is 37.7 Å². The van der Waals surface area contributed by atoms with Crippen LogP contribution >= 0.6 is 0 Å². The van der Waals surface area contributed by atoms with E-state index in [2.05, 4.69) is 27.7 Å². The minimum atomic E-state index is -0.537. The lowest BCUT2D eigenvalue weighted by Gasteiger charge is -2.61. The van der Waals surface area contributed by atoms with E-state index in [1.807, 2.05) is 0 Å². The number of aliphatic hydroxyl groups excluding tert-OH is 2. The Hall–Kier alpha value is -0.160. The van der Waals surface area contributed by atoms with Gasteiger partial charge < -0.3 is 19.7 Å². The zero-order chi connectivity index (χ0) is 21.8. The first-order valence-electron chi connectivity index (χ1n) is 13.4. The standard InChI is InChI=1S/C27H44O4/c1-15-7-10-27(30-14-15)16(2)24-23(31-27)12-20-18-6-5-17-11-21(28)22(29)13-26(17,4)19(18)8-9-25(20,24)3/h15-24,28-29H,5-14H2,1-4H3/t15-,16+,17-,18-,19+,20+,21-,22-,23+,24+,25+,26+,27-/m1/s1. The second kappa shape index (κ2) is 6.93. The fraction of sp³-hybridized carbons (Fsp3) is 1.00. The molecule has 0 aromatic rings. The van der Waals surface area contributed by atoms with Crippen molar-refractivity contribution in [2.75, 3.05) is 6.61 Å². The van der Waals surface area contributed by atoms with Crippen LogP contribution in [0.2, 0.25) is 0 Å². The quantitative estimate of drug-likeness (QED) is 0.579. The summed E-state index contributed by atoms with van der Waals surface area (Å²) in [5, 5.41) is 20.9. The minimum absolute atomic E-state index is 0.191. The van der Waals surface area contributed by atoms with Crippen molar-refractivity contribution in [3.8, 4) is 0 Å². The third kappa shape index (κ3) is 2.80. The van der Waals surface area contributed by atoms with Gasteiger partial charge in [-0.2, -0.15) is 0 Å². The Kier molecular flexibility index (Phi) is 4.78. The van der Waals surface area contributed by atoms with Gasteiger partial charge in [0.1, 0.15) is 0 Å². The first-order chi connectivity index (χ1) is 14.7. The molecule has 6 aliphatic rings. The van der Waals surface area contributed by atoms with Gasteiger partial charge in [0.05, 0.1) is 24.9 Å². The number of aliphatic hydroxyl groups is 2. The molecule has 0 unspecified atom stereocenters. The van der Waals surface area contributed by atoms with E-state index in [1.165, 1.54) is 38.5 Å². The topological polar surface area (TPSA) is 58.9 Å². The fourth-order valence-corrected chi connectivity index (χ4v) is 10.3. The Morgan fingerprint density at radius 2 is 1.65 bits per heavy atom. The van der Waals surface area contributed by atoms with Gasteiger partial charge in [-0.25, -0.2) is 0 Å². The Morgan fingerprint density at radius 3 is 2.39 bits per heavy atom. The molecule has 2 saturated heterocycles. The highest BCUT2D eigenvalue weighted by molar-refractivity contribution is 5.15. The summed E-state index contributed by atoms with van der Waals surface area (Å²) in [4.78, 5) is 0. The van der Waals surface area contributed by atoms with E-state index in [1.54, 1.807) is 0 Å². The number of hydrogen-bond donors (Lipinski definition) is 2. The zero-order valence-corrected chi connectivity index (χ0v) is 20.1. The lowest BCUT2D eigenvalue weighted by atomic mass is 9.44. The average molecular weight is 433 g/mol. The summed E-state index contributed by atoms with van der Waals surface area (Å²) in [6.45, 7) is 10.6. The van der Waals surface area contributed by atoms with Crippen LogP contribution in [0.15, 0.2) is 0 Å². The Morgan fingerprint density at radius 1 is 0.839 bits per heavy atom. The molecule has 0 aromatic carbocycles. The molecule has 176 valence electrons. The summed E-state index contributed by atoms with van der Waals surface area (Å²) in [5.41, 5.74) is 0.550. The van der Waals surface area contributed by atoms with Crippen LogP contribution in [0.5, 0.6) is 0 Å². The summed E-state index contributed by atoms with van der Waals surface area (Å²) in [6, 6.07) is 0. The van der Waals surface area contributed by atoms with Gasteiger partial charge in [0.15, 0.2) is 5.79 Å². The molecular formula is C27H44O4. The molecule has 0 amide bonds. The summed E-state index contributed by atoms with van der Waals surface area (Å²) in [6.07, 6.45) is 9.51. The van der Waals surface area contributed by atoms with Gasteiger partial charge >= 0.3 is 0 Å². The predicted molar refractivity (Wildman–Crippen MR) is 119 cm³/mol. The third-order valence-electron chi connectivity index (χ3n) is 12.0. The molecule has 1 spiro atoms. The molecular weight excluding hydrogens is 388 g/mol. The van der Waals surface area contributed by atoms with Crippen molar-refractivity contribution in [1.82, 2.24) is 0 Å². The van der Waals surface area contributed by atoms with E-state index >= 15 is 0 Å². The molecule has 13 atom stereocenters. The maximum Gasteiger partial charge on any atom is 0.171 e. The summed E-state index contributed by atoms with van der Waals surface area (Å²) < 4.78 is 13.3. The lowest BCUT2D eigenvalue weighted by Crippen LogP contribution is -2.57. The Labute approximate surface area is 188 Å². The zero-order valence-electron chi connectivity index (χ0n) is 20.1. The molecule has 4 nitrogen and oxygen atoms in total. The normalized spacial score (nSPS) is 63.3. The van der Waals surface area contributed by atoms with E-state index in [0.29, 0.717) is 41.1 Å². The first-order valence-corrected chi connectivity index (χ1v) is 13.4. The second-order valence-corrected chi connectivity index (χ2v) is 13.2. The SMILES string of the molecule is C[C@@H]1CC[C@@]2(OC1)O[C@H]1C[C@H]3[C@@H]4CC[C@@H]5C[C@@H](O)[C@H](O)C[C@]5(C)[C@H]4CC[C@]3(C)[C@H]1[C@@H]2C. The average Bonchev–Trinajstić information content (AvgIpc) is 3.16. The number of hydrogen-bond acceptors (Lipinski definition) is 4. The maximum atomic E-state index is 10.6. The first kappa shape index (κ1) is 21.4. The molecule has 0 bridgehead atoms. The van der Waals surface area contributed by atoms with Gasteiger partial charge in [-0.05, 0) is 97.7 Å². The molecule has 2 N–H and O–H groups in total. The Bertz CT molecular complexity index is 716. The van der Waals surface area contributed by atoms with Crippen molar-refractivity contribution < 1.29 is 19.7 Å². The summed E-state index contributed by atoms with van der Waals surface area (Å²) in [5.74, 6) is 4.21. The van der Waals surface area contributed by atoms with Crippen LogP contribution in [0.4, 0.5) is 0 Å². The van der Waals surface area contributed by atoms with Crippen molar-refractivity contribution in [3.05, 3.63) is 0 Å². The molecule has 31 heavy (non-hydrogen) atoms. The van der Waals surface area contributed by atoms with Crippen molar-refractivity contribution in [3.63, 3.8) is 0 Å². The second-order valence-electron chi connectivity index (χ2n) is 13.2. The number of fused-ring (bicyclic) bond motifs is 7. The van der Waals surface area contributed by atoms with E-state index in [9.17, 15) is 10.2 Å². The molecule has 4 aliphatic carbocycles. The molecule has 2 aliphatic heterocycles. The monoisotopic (exact) mass is 432 g/mol. The Balaban J connectivity index is 1.26. The van der Waals surface area contributed by atoms with Crippen LogP contribution in [-0.2, 0) is 9.47 Å². The third-order valence-corrected chi connectivity index (χ3v) is 12.0. The van der Waals surface area contributed by atoms with Gasteiger partial charge in [0.25, 0.3) is 0 Å². The highest BCUT2D eigenvalue weighted by Gasteiger charge is 2.69. The van der Waals surface area contributed by atoms with Crippen molar-refractivity contribution >= 4 is 0 Å². The van der Waals surface area contributed by atoms with E-state index in [4.69, 9.17) is 9.47 Å². The highest BCUT2D eigenvalue weighted by atomic mass is 16.7. The van der Waals surface area contributed by atoms with Crippen LogP contribution in [-0.4, -0.2) is 40.9 Å². The highest BCUT2D eigenvalue weighted by Crippen LogP contribution is 2.71. The number of rotatable bonds is 0. The van der Waals surface area contributed by atoms with Crippen LogP contribution in [0.25, 0.3) is 0 Å². The molecule has 0 radical (unpaired) electrons. The van der Waals surface area contributed by atoms with Crippen LogP contribution in [0, 0.1) is 52.3 Å². The lowest BCUT2D eigenvalue weighted by molar-refractivity contribution is -0.273. The summed E-state index contributed by atoms with van der Waals surface area (Å²) in [7, 11) is 0. The maximum absolute atomic E-state index is 10.6. The van der Waals surface area contributed by atoms with E-state index < -0.39 is 12.2 Å². The van der Waals surface area contributed by atoms with Gasteiger partial charge in [-0.3, -0.25) is 0 Å². The van der Waals surface area contributed by atoms with Crippen LogP contribution in [0.3, 0.4) is 0 Å². The largest absolute Gasteiger partial charge is 0.390 e. The molecule has 4 saturated carbocycles. The van der Waals surface area contributed by atoms with Crippen molar-refractivity contribution in [2.24, 2.45) is 52.3 Å². The predicted octanol–water partition coefficient (Wildman–Crippen LogP) is 4.76. The van der Waals surface area contributed by atoms with Crippen molar-refractivity contribution in [1.29, 1.82) is 0 Å². The van der Waals surface area contributed by atoms with Gasteiger partial charge in [-0.15, -0.1) is 0 Å². The van der Waals surface area contributed by atoms with Crippen LogP contribution in [0.1, 0.15) is 85.5 Å². The molecule has 2 heterocycles. The van der Waals surface area contributed by atoms with Crippen molar-refractivity contribution in [2.45, 2.75) is 110 Å². The molecule has 6 rings (SSSR count). The molecule has 0 aromatic heterocycles. The van der Waals surface area contributed by atoms with Gasteiger partial charge in [-0.1, -0.05) is 27.7 Å². The smallest absolute Gasteiger partial charge is 0.171 e. The number of ether oxygens (including phenoxy) is 2. The summed E-state index contributed by atoms with van der Waals surface area (Å²) >= 11 is 0. The van der Waals surface area contributed by atoms with Gasteiger partial charge in [0, 0.05) is 12.3 Å². The van der Waals surface area contributed by atoms with Crippen LogP contribution < -0.4 is 0 Å².